The van der Waals surface area contributed by atoms with E-state index in [1.807, 2.05) is 0 Å². The Morgan fingerprint density at radius 3 is 1.80 bits per heavy atom. The van der Waals surface area contributed by atoms with Crippen LogP contribution in [0.2, 0.25) is 0 Å². The number of carbonyl (C=O) groups is 1. The Morgan fingerprint density at radius 1 is 0.880 bits per heavy atom. The minimum absolute atomic E-state index is 0.0327. The van der Waals surface area contributed by atoms with Gasteiger partial charge in [-0.1, -0.05) is 74.5 Å². The van der Waals surface area contributed by atoms with Crippen LogP contribution in [0.15, 0.2) is 60.7 Å². The Kier molecular flexibility index (Phi) is 4.24. The fraction of sp³-hybridized carbons (Fsp3) is 0.435. The fourth-order valence-corrected chi connectivity index (χ4v) is 5.01. The van der Waals surface area contributed by atoms with Crippen LogP contribution in [0.4, 0.5) is 0 Å². The van der Waals surface area contributed by atoms with Gasteiger partial charge in [0.2, 0.25) is 0 Å². The second-order valence-corrected chi connectivity index (χ2v) is 7.95. The Bertz CT molecular complexity index is 690. The van der Waals surface area contributed by atoms with Crippen LogP contribution < -0.4 is 0 Å². The summed E-state index contributed by atoms with van der Waals surface area (Å²) in [6, 6.07) is 21.1. The number of fused-ring (bicyclic) bond motifs is 3. The van der Waals surface area contributed by atoms with Crippen LogP contribution in [0.1, 0.15) is 43.7 Å². The van der Waals surface area contributed by atoms with Crippen molar-refractivity contribution in [2.75, 3.05) is 13.1 Å². The van der Waals surface area contributed by atoms with E-state index in [-0.39, 0.29) is 17.4 Å². The zero-order chi connectivity index (χ0) is 17.4. The Labute approximate surface area is 150 Å². The Hall–Kier alpha value is -1.93. The highest BCUT2D eigenvalue weighted by molar-refractivity contribution is 5.93. The summed E-state index contributed by atoms with van der Waals surface area (Å²) in [5.41, 5.74) is 2.37. The molecule has 0 aliphatic carbocycles. The lowest BCUT2D eigenvalue weighted by atomic mass is 9.59. The standard InChI is InChI=1S/C23H27NO/c1-17(2)23-13-15-24(16-14-23)21(22(23)25)20(18-9-5-3-6-10-18)19-11-7-4-8-12-19/h3-12,17,20-21H,13-16H2,1-2H3. The highest BCUT2D eigenvalue weighted by atomic mass is 16.1. The molecule has 130 valence electrons. The van der Waals surface area contributed by atoms with Crippen LogP contribution in [-0.2, 0) is 4.79 Å². The first-order chi connectivity index (χ1) is 12.1. The average molecular weight is 333 g/mol. The van der Waals surface area contributed by atoms with Gasteiger partial charge >= 0.3 is 0 Å². The monoisotopic (exact) mass is 333 g/mol. The van der Waals surface area contributed by atoms with Crippen molar-refractivity contribution in [3.05, 3.63) is 71.8 Å². The summed E-state index contributed by atoms with van der Waals surface area (Å²) in [4.78, 5) is 16.1. The van der Waals surface area contributed by atoms with Crippen molar-refractivity contribution in [1.82, 2.24) is 4.90 Å². The molecule has 25 heavy (non-hydrogen) atoms. The van der Waals surface area contributed by atoms with Crippen molar-refractivity contribution in [1.29, 1.82) is 0 Å². The van der Waals surface area contributed by atoms with Gasteiger partial charge in [0.25, 0.3) is 0 Å². The number of nitrogens with zero attached hydrogens (tertiary/aromatic N) is 1. The first-order valence-electron chi connectivity index (χ1n) is 9.52. The Balaban J connectivity index is 1.82. The van der Waals surface area contributed by atoms with Crippen molar-refractivity contribution in [3.63, 3.8) is 0 Å². The molecule has 2 aromatic carbocycles. The number of piperidine rings is 3. The predicted octanol–water partition coefficient (Wildman–Crippen LogP) is 4.51. The molecule has 1 unspecified atom stereocenters. The van der Waals surface area contributed by atoms with E-state index in [1.54, 1.807) is 0 Å². The summed E-state index contributed by atoms with van der Waals surface area (Å²) in [5.74, 6) is 1.00. The van der Waals surface area contributed by atoms with Gasteiger partial charge in [0, 0.05) is 11.3 Å². The molecule has 3 aliphatic heterocycles. The molecule has 0 amide bonds. The van der Waals surface area contributed by atoms with Crippen molar-refractivity contribution in [2.24, 2.45) is 11.3 Å². The van der Waals surface area contributed by atoms with Gasteiger partial charge in [0.15, 0.2) is 5.78 Å². The molecule has 2 bridgehead atoms. The zero-order valence-corrected chi connectivity index (χ0v) is 15.2. The number of hydrogen-bond donors (Lipinski definition) is 0. The third-order valence-electron chi connectivity index (χ3n) is 6.58. The summed E-state index contributed by atoms with van der Waals surface area (Å²) < 4.78 is 0. The topological polar surface area (TPSA) is 20.3 Å². The van der Waals surface area contributed by atoms with Crippen LogP contribution in [0.5, 0.6) is 0 Å². The maximum Gasteiger partial charge on any atom is 0.157 e. The number of ketones is 1. The fourth-order valence-electron chi connectivity index (χ4n) is 5.01. The molecule has 0 spiro atoms. The predicted molar refractivity (Wildman–Crippen MR) is 102 cm³/mol. The highest BCUT2D eigenvalue weighted by Gasteiger charge is 2.55. The number of Topliss-reactive ketones (excluding diaryl/α,β-unsaturated/α-hetero) is 1. The molecule has 0 radical (unpaired) electrons. The molecule has 2 heteroatoms. The summed E-state index contributed by atoms with van der Waals surface area (Å²) >= 11 is 0. The molecule has 5 rings (SSSR count). The lowest BCUT2D eigenvalue weighted by Crippen LogP contribution is -2.64. The van der Waals surface area contributed by atoms with Gasteiger partial charge in [-0.15, -0.1) is 0 Å². The van der Waals surface area contributed by atoms with Gasteiger partial charge in [0.1, 0.15) is 0 Å². The minimum Gasteiger partial charge on any atom is -0.297 e. The summed E-state index contributed by atoms with van der Waals surface area (Å²) in [6.45, 7) is 6.56. The van der Waals surface area contributed by atoms with Gasteiger partial charge in [0.05, 0.1) is 6.04 Å². The van der Waals surface area contributed by atoms with Crippen molar-refractivity contribution in [3.8, 4) is 0 Å². The van der Waals surface area contributed by atoms with Gasteiger partial charge in [-0.25, -0.2) is 0 Å². The minimum atomic E-state index is -0.124. The molecular formula is C23H27NO. The lowest BCUT2D eigenvalue weighted by Gasteiger charge is -2.55. The molecule has 2 nitrogen and oxygen atoms in total. The van der Waals surface area contributed by atoms with Gasteiger partial charge in [-0.05, 0) is 43.0 Å². The smallest absolute Gasteiger partial charge is 0.157 e. The van der Waals surface area contributed by atoms with Crippen molar-refractivity contribution >= 4 is 5.78 Å². The normalized spacial score (nSPS) is 28.7. The highest BCUT2D eigenvalue weighted by Crippen LogP contribution is 2.49. The molecular weight excluding hydrogens is 306 g/mol. The van der Waals surface area contributed by atoms with Crippen molar-refractivity contribution < 1.29 is 4.79 Å². The van der Waals surface area contributed by atoms with Gasteiger partial charge in [-0.3, -0.25) is 9.69 Å². The van der Waals surface area contributed by atoms with Crippen LogP contribution >= 0.6 is 0 Å². The second kappa shape index (κ2) is 6.42. The summed E-state index contributed by atoms with van der Waals surface area (Å²) in [7, 11) is 0. The zero-order valence-electron chi connectivity index (χ0n) is 15.2. The van der Waals surface area contributed by atoms with Crippen LogP contribution in [0.3, 0.4) is 0 Å². The van der Waals surface area contributed by atoms with E-state index in [9.17, 15) is 4.79 Å². The third kappa shape index (κ3) is 2.64. The largest absolute Gasteiger partial charge is 0.297 e. The van der Waals surface area contributed by atoms with E-state index in [0.29, 0.717) is 11.7 Å². The lowest BCUT2D eigenvalue weighted by molar-refractivity contribution is -0.153. The third-order valence-corrected chi connectivity index (χ3v) is 6.58. The maximum atomic E-state index is 13.7. The summed E-state index contributed by atoms with van der Waals surface area (Å²) in [6.07, 6.45) is 2.05. The average Bonchev–Trinajstić information content (AvgIpc) is 2.66. The summed E-state index contributed by atoms with van der Waals surface area (Å²) in [5, 5.41) is 0. The van der Waals surface area contributed by atoms with Crippen molar-refractivity contribution in [2.45, 2.75) is 38.6 Å². The molecule has 3 aliphatic rings. The molecule has 3 saturated heterocycles. The first kappa shape index (κ1) is 16.5. The first-order valence-corrected chi connectivity index (χ1v) is 9.52. The van der Waals surface area contributed by atoms with Gasteiger partial charge < -0.3 is 0 Å². The van der Waals surface area contributed by atoms with Crippen LogP contribution in [0.25, 0.3) is 0 Å². The second-order valence-electron chi connectivity index (χ2n) is 7.95. The molecule has 1 atom stereocenters. The van der Waals surface area contributed by atoms with E-state index < -0.39 is 0 Å². The Morgan fingerprint density at radius 2 is 1.36 bits per heavy atom. The molecule has 3 fully saturated rings. The van der Waals surface area contributed by atoms with E-state index >= 15 is 0 Å². The van der Waals surface area contributed by atoms with E-state index in [0.717, 1.165) is 25.9 Å². The van der Waals surface area contributed by atoms with Gasteiger partial charge in [-0.2, -0.15) is 0 Å². The van der Waals surface area contributed by atoms with Crippen LogP contribution in [-0.4, -0.2) is 29.8 Å². The molecule has 3 heterocycles. The number of hydrogen-bond acceptors (Lipinski definition) is 2. The number of benzene rings is 2. The molecule has 0 N–H and O–H groups in total. The molecule has 0 aromatic heterocycles. The molecule has 0 saturated carbocycles. The number of carbonyl (C=O) groups excluding carboxylic acids is 1. The van der Waals surface area contributed by atoms with Crippen LogP contribution in [0, 0.1) is 11.3 Å². The quantitative estimate of drug-likeness (QED) is 0.820. The molecule has 2 aromatic rings. The maximum absolute atomic E-state index is 13.7. The number of rotatable bonds is 4. The van der Waals surface area contributed by atoms with E-state index in [4.69, 9.17) is 0 Å². The van der Waals surface area contributed by atoms with E-state index in [2.05, 4.69) is 79.4 Å². The SMILES string of the molecule is CC(C)C12CCN(CC1)C(C(c1ccccc1)c1ccccc1)C2=O. The van der Waals surface area contributed by atoms with E-state index in [1.165, 1.54) is 11.1 Å².